The monoisotopic (exact) mass is 542 g/mol. The molecule has 34 heavy (non-hydrogen) atoms. The Morgan fingerprint density at radius 3 is 2.53 bits per heavy atom. The highest BCUT2D eigenvalue weighted by Crippen LogP contribution is 2.35. The number of halogens is 4. The summed E-state index contributed by atoms with van der Waals surface area (Å²) in [6, 6.07) is 8.29. The van der Waals surface area contributed by atoms with Crippen LogP contribution in [0.3, 0.4) is 0 Å². The summed E-state index contributed by atoms with van der Waals surface area (Å²) < 4.78 is 56.4. The van der Waals surface area contributed by atoms with E-state index >= 15 is 0 Å². The second kappa shape index (κ2) is 11.2. The van der Waals surface area contributed by atoms with Gasteiger partial charge in [0, 0.05) is 31.2 Å². The van der Waals surface area contributed by atoms with Gasteiger partial charge in [0.2, 0.25) is 5.95 Å². The van der Waals surface area contributed by atoms with Crippen LogP contribution in [0.15, 0.2) is 40.9 Å². The molecule has 2 N–H and O–H groups in total. The summed E-state index contributed by atoms with van der Waals surface area (Å²) in [6.45, 7) is 4.41. The van der Waals surface area contributed by atoms with Gasteiger partial charge in [-0.3, -0.25) is 0 Å². The number of ether oxygens (including phenoxy) is 3. The van der Waals surface area contributed by atoms with Crippen molar-refractivity contribution >= 4 is 38.6 Å². The summed E-state index contributed by atoms with van der Waals surface area (Å²) in [7, 11) is 3.09. The van der Waals surface area contributed by atoms with Crippen molar-refractivity contribution in [3.63, 3.8) is 0 Å². The molecule has 0 radical (unpaired) electrons. The van der Waals surface area contributed by atoms with Crippen molar-refractivity contribution in [1.29, 1.82) is 0 Å². The van der Waals surface area contributed by atoms with Crippen LogP contribution in [-0.2, 0) is 15.7 Å². The summed E-state index contributed by atoms with van der Waals surface area (Å²) in [6.07, 6.45) is -4.92. The van der Waals surface area contributed by atoms with Gasteiger partial charge in [0.1, 0.15) is 11.6 Å². The third-order valence-electron chi connectivity index (χ3n) is 5.08. The first-order chi connectivity index (χ1) is 16.2. The Hall–Kier alpha value is -2.63. The van der Waals surface area contributed by atoms with Gasteiger partial charge in [0.15, 0.2) is 6.29 Å². The maximum Gasteiger partial charge on any atom is 0.416 e. The fourth-order valence-electron chi connectivity index (χ4n) is 3.32. The average Bonchev–Trinajstić information content (AvgIpc) is 2.81. The molecule has 11 heteroatoms. The van der Waals surface area contributed by atoms with E-state index in [0.717, 1.165) is 12.1 Å². The van der Waals surface area contributed by atoms with Gasteiger partial charge in [-0.15, -0.1) is 0 Å². The quantitative estimate of drug-likeness (QED) is 0.303. The molecule has 0 aliphatic heterocycles. The molecule has 3 aromatic rings. The first-order valence-corrected chi connectivity index (χ1v) is 11.3. The molecule has 2 atom stereocenters. The minimum atomic E-state index is -4.42. The molecule has 184 valence electrons. The summed E-state index contributed by atoms with van der Waals surface area (Å²) in [4.78, 5) is 9.13. The zero-order chi connectivity index (χ0) is 24.9. The van der Waals surface area contributed by atoms with E-state index < -0.39 is 24.1 Å². The zero-order valence-electron chi connectivity index (χ0n) is 19.2. The molecule has 0 fully saturated rings. The van der Waals surface area contributed by atoms with Gasteiger partial charge >= 0.3 is 6.18 Å². The van der Waals surface area contributed by atoms with Gasteiger partial charge in [-0.1, -0.05) is 12.1 Å². The Kier molecular flexibility index (Phi) is 8.56. The predicted octanol–water partition coefficient (Wildman–Crippen LogP) is 6.01. The summed E-state index contributed by atoms with van der Waals surface area (Å²) >= 11 is 3.47. The highest BCUT2D eigenvalue weighted by Gasteiger charge is 2.30. The smallest absolute Gasteiger partial charge is 0.416 e. The first-order valence-electron chi connectivity index (χ1n) is 10.5. The number of aromatic nitrogens is 2. The summed E-state index contributed by atoms with van der Waals surface area (Å²) in [5.74, 6) is 1.33. The largest absolute Gasteiger partial charge is 0.495 e. The van der Waals surface area contributed by atoms with Crippen LogP contribution in [0.5, 0.6) is 5.75 Å². The van der Waals surface area contributed by atoms with Gasteiger partial charge in [-0.25, -0.2) is 4.98 Å². The molecule has 7 nitrogen and oxygen atoms in total. The first kappa shape index (κ1) is 26.0. The van der Waals surface area contributed by atoms with E-state index in [4.69, 9.17) is 14.2 Å². The maximum absolute atomic E-state index is 13.2. The van der Waals surface area contributed by atoms with Crippen LogP contribution < -0.4 is 15.4 Å². The molecule has 2 aromatic carbocycles. The molecule has 0 bridgehead atoms. The van der Waals surface area contributed by atoms with Crippen molar-refractivity contribution < 1.29 is 27.4 Å². The van der Waals surface area contributed by atoms with E-state index in [1.807, 2.05) is 6.92 Å². The van der Waals surface area contributed by atoms with Crippen LogP contribution in [0.25, 0.3) is 10.9 Å². The van der Waals surface area contributed by atoms with Crippen LogP contribution in [0, 0.1) is 0 Å². The van der Waals surface area contributed by atoms with Crippen LogP contribution in [0.1, 0.15) is 31.0 Å². The number of alkyl halides is 3. The molecular weight excluding hydrogens is 517 g/mol. The maximum atomic E-state index is 13.2. The topological polar surface area (TPSA) is 77.5 Å². The fraction of sp³-hybridized carbons (Fsp3) is 0.391. The van der Waals surface area contributed by atoms with Crippen LogP contribution in [-0.4, -0.2) is 43.6 Å². The lowest BCUT2D eigenvalue weighted by atomic mass is 10.0. The number of hydrogen-bond donors (Lipinski definition) is 2. The van der Waals surface area contributed by atoms with Gasteiger partial charge in [-0.2, -0.15) is 18.2 Å². The van der Waals surface area contributed by atoms with Gasteiger partial charge in [-0.05, 0) is 53.5 Å². The molecule has 0 spiro atoms. The van der Waals surface area contributed by atoms with Crippen molar-refractivity contribution in [2.75, 3.05) is 38.0 Å². The molecule has 1 aromatic heterocycles. The third kappa shape index (κ3) is 6.28. The molecule has 0 aliphatic rings. The average molecular weight is 543 g/mol. The summed E-state index contributed by atoms with van der Waals surface area (Å²) in [5.41, 5.74) is 0.351. The van der Waals surface area contributed by atoms with Crippen molar-refractivity contribution in [1.82, 2.24) is 9.97 Å². The number of rotatable bonds is 10. The SMILES string of the molecule is CCOC(CNc1nc(N[C@H](C)c2cccc(C(F)(F)F)c2)c2cc(Br)c(OC)cc2n1)OC. The number of nitrogens with zero attached hydrogens (tertiary/aromatic N) is 2. The highest BCUT2D eigenvalue weighted by molar-refractivity contribution is 9.10. The van der Waals surface area contributed by atoms with Gasteiger partial charge < -0.3 is 24.8 Å². The Balaban J connectivity index is 1.98. The lowest BCUT2D eigenvalue weighted by molar-refractivity contribution is -0.137. The molecule has 0 saturated heterocycles. The summed E-state index contributed by atoms with van der Waals surface area (Å²) in [5, 5.41) is 6.99. The molecule has 1 heterocycles. The molecule has 0 aliphatic carbocycles. The van der Waals surface area contributed by atoms with Crippen molar-refractivity contribution in [2.45, 2.75) is 32.4 Å². The van der Waals surface area contributed by atoms with E-state index in [9.17, 15) is 13.2 Å². The fourth-order valence-corrected chi connectivity index (χ4v) is 3.82. The molecule has 1 unspecified atom stereocenters. The highest BCUT2D eigenvalue weighted by atomic mass is 79.9. The second-order valence-electron chi connectivity index (χ2n) is 7.39. The van der Waals surface area contributed by atoms with E-state index in [1.165, 1.54) is 13.2 Å². The van der Waals surface area contributed by atoms with E-state index in [1.54, 1.807) is 32.2 Å². The van der Waals surface area contributed by atoms with Gasteiger partial charge in [0.25, 0.3) is 0 Å². The molecule has 0 saturated carbocycles. The Bertz CT molecular complexity index is 1130. The number of anilines is 2. The number of fused-ring (bicyclic) bond motifs is 1. The minimum absolute atomic E-state index is 0.298. The second-order valence-corrected chi connectivity index (χ2v) is 8.24. The standard InChI is InChI=1S/C23H26BrF3N4O3/c1-5-34-20(33-4)12-28-22-30-18-11-19(32-3)17(24)10-16(18)21(31-22)29-13(2)14-7-6-8-15(9-14)23(25,26)27/h6-11,13,20H,5,12H2,1-4H3,(H2,28,29,30,31)/t13-,20?/m1/s1. The Morgan fingerprint density at radius 1 is 1.12 bits per heavy atom. The number of hydrogen-bond acceptors (Lipinski definition) is 7. The van der Waals surface area contributed by atoms with Crippen LogP contribution >= 0.6 is 15.9 Å². The van der Waals surface area contributed by atoms with E-state index in [-0.39, 0.29) is 0 Å². The lowest BCUT2D eigenvalue weighted by Gasteiger charge is -2.20. The number of methoxy groups -OCH3 is 2. The van der Waals surface area contributed by atoms with E-state index in [0.29, 0.717) is 51.6 Å². The van der Waals surface area contributed by atoms with Crippen molar-refractivity contribution in [3.8, 4) is 5.75 Å². The normalized spacial score (nSPS) is 13.5. The Morgan fingerprint density at radius 2 is 1.88 bits per heavy atom. The lowest BCUT2D eigenvalue weighted by Crippen LogP contribution is -2.26. The molecule has 0 amide bonds. The van der Waals surface area contributed by atoms with Crippen molar-refractivity contribution in [3.05, 3.63) is 52.0 Å². The predicted molar refractivity (Wildman–Crippen MR) is 128 cm³/mol. The molecule has 3 rings (SSSR count). The van der Waals surface area contributed by atoms with Gasteiger partial charge in [0.05, 0.1) is 29.2 Å². The van der Waals surface area contributed by atoms with Crippen LogP contribution in [0.4, 0.5) is 24.9 Å². The third-order valence-corrected chi connectivity index (χ3v) is 5.70. The molecular formula is C23H26BrF3N4O3. The Labute approximate surface area is 204 Å². The van der Waals surface area contributed by atoms with Crippen molar-refractivity contribution in [2.24, 2.45) is 0 Å². The number of benzene rings is 2. The zero-order valence-corrected chi connectivity index (χ0v) is 20.8. The number of nitrogens with one attached hydrogen (secondary N) is 2. The van der Waals surface area contributed by atoms with E-state index in [2.05, 4.69) is 36.5 Å². The van der Waals surface area contributed by atoms with Crippen LogP contribution in [0.2, 0.25) is 0 Å². The minimum Gasteiger partial charge on any atom is -0.495 e.